The van der Waals surface area contributed by atoms with E-state index in [1.165, 1.54) is 11.3 Å². The molecule has 2 atom stereocenters. The Labute approximate surface area is 189 Å². The largest absolute Gasteiger partial charge is 0.462 e. The predicted octanol–water partition coefficient (Wildman–Crippen LogP) is 2.46. The number of carbonyl (C=O) groups is 5. The van der Waals surface area contributed by atoms with Crippen molar-refractivity contribution >= 4 is 46.0 Å². The Morgan fingerprint density at radius 2 is 1.72 bits per heavy atom. The zero-order valence-corrected chi connectivity index (χ0v) is 18.7. The fraction of sp³-hybridized carbons (Fsp3) is 0.591. The summed E-state index contributed by atoms with van der Waals surface area (Å²) < 4.78 is 10.1. The van der Waals surface area contributed by atoms with Crippen molar-refractivity contribution in [2.45, 2.75) is 51.4 Å². The van der Waals surface area contributed by atoms with Crippen molar-refractivity contribution in [1.82, 2.24) is 4.90 Å². The molecule has 3 fully saturated rings. The first-order valence-electron chi connectivity index (χ1n) is 11.0. The molecule has 1 aromatic heterocycles. The lowest BCUT2D eigenvalue weighted by molar-refractivity contribution is -0.154. The average Bonchev–Trinajstić information content (AvgIpc) is 3.50. The van der Waals surface area contributed by atoms with E-state index in [2.05, 4.69) is 5.32 Å². The van der Waals surface area contributed by atoms with Crippen LogP contribution in [0.2, 0.25) is 0 Å². The molecule has 9 nitrogen and oxygen atoms in total. The Morgan fingerprint density at radius 1 is 1.06 bits per heavy atom. The van der Waals surface area contributed by atoms with Crippen LogP contribution in [0.1, 0.15) is 67.3 Å². The van der Waals surface area contributed by atoms with Crippen molar-refractivity contribution < 1.29 is 33.4 Å². The van der Waals surface area contributed by atoms with E-state index in [-0.39, 0.29) is 30.3 Å². The Hall–Kier alpha value is -2.75. The van der Waals surface area contributed by atoms with E-state index in [0.717, 1.165) is 36.1 Å². The number of likely N-dealkylation sites (tertiary alicyclic amines) is 1. The van der Waals surface area contributed by atoms with E-state index in [0.29, 0.717) is 29.3 Å². The summed E-state index contributed by atoms with van der Waals surface area (Å²) in [5, 5.41) is 4.82. The Morgan fingerprint density at radius 3 is 2.31 bits per heavy atom. The van der Waals surface area contributed by atoms with Gasteiger partial charge in [0.1, 0.15) is 11.5 Å². The second-order valence-electron chi connectivity index (χ2n) is 8.36. The maximum Gasteiger partial charge on any atom is 0.341 e. The van der Waals surface area contributed by atoms with Crippen LogP contribution in [0, 0.1) is 11.8 Å². The summed E-state index contributed by atoms with van der Waals surface area (Å²) in [6, 6.07) is 0. The first-order chi connectivity index (χ1) is 15.4. The maximum atomic E-state index is 12.5. The fourth-order valence-corrected chi connectivity index (χ4v) is 5.49. The molecule has 2 saturated carbocycles. The molecule has 0 spiro atoms. The summed E-state index contributed by atoms with van der Waals surface area (Å²) in [4.78, 5) is 62.8. The number of esters is 2. The molecule has 32 heavy (non-hydrogen) atoms. The quantitative estimate of drug-likeness (QED) is 0.465. The summed E-state index contributed by atoms with van der Waals surface area (Å²) in [6.07, 6.45) is 5.11. The number of nitrogens with one attached hydrogen (secondary N) is 1. The molecular formula is C22H26N2O7S. The summed E-state index contributed by atoms with van der Waals surface area (Å²) >= 11 is 1.23. The molecule has 3 amide bonds. The zero-order chi connectivity index (χ0) is 22.8. The minimum Gasteiger partial charge on any atom is -0.462 e. The van der Waals surface area contributed by atoms with Crippen LogP contribution in [-0.2, 0) is 28.7 Å². The molecule has 1 N–H and O–H groups in total. The molecule has 172 valence electrons. The lowest BCUT2D eigenvalue weighted by Gasteiger charge is -2.19. The van der Waals surface area contributed by atoms with Crippen LogP contribution in [-0.4, -0.2) is 54.3 Å². The van der Waals surface area contributed by atoms with E-state index >= 15 is 0 Å². The van der Waals surface area contributed by atoms with E-state index in [1.54, 1.807) is 6.92 Å². The van der Waals surface area contributed by atoms with Crippen molar-refractivity contribution in [3.05, 3.63) is 16.5 Å². The first-order valence-corrected chi connectivity index (χ1v) is 11.9. The van der Waals surface area contributed by atoms with Gasteiger partial charge in [0, 0.05) is 0 Å². The summed E-state index contributed by atoms with van der Waals surface area (Å²) in [6.45, 7) is 0.862. The SMILES string of the molecule is CCOC(=O)c1c(C2CC2)csc1NC(=O)COC(=O)CN1C(=O)[C@@H]2CCCC[C@H]2C1=O. The minimum absolute atomic E-state index is 0.222. The van der Waals surface area contributed by atoms with Gasteiger partial charge in [-0.05, 0) is 49.5 Å². The van der Waals surface area contributed by atoms with Gasteiger partial charge in [0.15, 0.2) is 6.61 Å². The van der Waals surface area contributed by atoms with Crippen molar-refractivity contribution in [2.24, 2.45) is 11.8 Å². The monoisotopic (exact) mass is 462 g/mol. The molecule has 0 bridgehead atoms. The summed E-state index contributed by atoms with van der Waals surface area (Å²) in [7, 11) is 0. The van der Waals surface area contributed by atoms with Gasteiger partial charge in [0.25, 0.3) is 5.91 Å². The molecule has 1 saturated heterocycles. The van der Waals surface area contributed by atoms with Gasteiger partial charge in [0.2, 0.25) is 11.8 Å². The number of thiophene rings is 1. The molecular weight excluding hydrogens is 436 g/mol. The highest BCUT2D eigenvalue weighted by molar-refractivity contribution is 7.15. The second-order valence-corrected chi connectivity index (χ2v) is 9.24. The molecule has 3 aliphatic rings. The van der Waals surface area contributed by atoms with Crippen LogP contribution in [0.25, 0.3) is 0 Å². The van der Waals surface area contributed by atoms with Gasteiger partial charge in [-0.15, -0.1) is 11.3 Å². The first kappa shape index (κ1) is 22.4. The summed E-state index contributed by atoms with van der Waals surface area (Å²) in [5.74, 6) is -2.96. The lowest BCUT2D eigenvalue weighted by Crippen LogP contribution is -2.37. The van der Waals surface area contributed by atoms with Crippen molar-refractivity contribution in [3.63, 3.8) is 0 Å². The number of nitrogens with zero attached hydrogens (tertiary/aromatic N) is 1. The highest BCUT2D eigenvalue weighted by Crippen LogP contribution is 2.46. The standard InChI is InChI=1S/C22H26N2O7S/c1-2-30-22(29)18-15(12-7-8-12)11-32-19(18)23-16(25)10-31-17(26)9-24-20(27)13-5-3-4-6-14(13)21(24)28/h11-14H,2-10H2,1H3,(H,23,25)/t13-,14-/m1/s1. The normalized spacial score (nSPS) is 22.5. The highest BCUT2D eigenvalue weighted by Gasteiger charge is 2.48. The maximum absolute atomic E-state index is 12.5. The molecule has 2 aliphatic carbocycles. The second kappa shape index (κ2) is 9.40. The van der Waals surface area contributed by atoms with Gasteiger partial charge < -0.3 is 14.8 Å². The molecule has 1 aliphatic heterocycles. The van der Waals surface area contributed by atoms with Crippen LogP contribution in [0.15, 0.2) is 5.38 Å². The highest BCUT2D eigenvalue weighted by atomic mass is 32.1. The number of hydrogen-bond acceptors (Lipinski definition) is 8. The number of hydrogen-bond donors (Lipinski definition) is 1. The molecule has 4 rings (SSSR count). The lowest BCUT2D eigenvalue weighted by atomic mass is 9.81. The molecule has 0 unspecified atom stereocenters. The zero-order valence-electron chi connectivity index (χ0n) is 17.9. The van der Waals surface area contributed by atoms with Crippen molar-refractivity contribution in [2.75, 3.05) is 25.1 Å². The third-order valence-corrected chi connectivity index (χ3v) is 7.07. The Balaban J connectivity index is 1.32. The third kappa shape index (κ3) is 4.55. The van der Waals surface area contributed by atoms with Crippen molar-refractivity contribution in [3.8, 4) is 0 Å². The van der Waals surface area contributed by atoms with Crippen LogP contribution >= 0.6 is 11.3 Å². The Kier molecular flexibility index (Phi) is 6.59. The number of rotatable bonds is 8. The van der Waals surface area contributed by atoms with Crippen LogP contribution in [0.4, 0.5) is 5.00 Å². The number of amides is 3. The number of carbonyl (C=O) groups excluding carboxylic acids is 5. The number of fused-ring (bicyclic) bond motifs is 1. The van der Waals surface area contributed by atoms with Gasteiger partial charge in [-0.25, -0.2) is 4.79 Å². The Bertz CT molecular complexity index is 928. The van der Waals surface area contributed by atoms with Crippen LogP contribution in [0.3, 0.4) is 0 Å². The van der Waals surface area contributed by atoms with Gasteiger partial charge in [-0.3, -0.25) is 24.1 Å². The van der Waals surface area contributed by atoms with E-state index in [4.69, 9.17) is 9.47 Å². The summed E-state index contributed by atoms with van der Waals surface area (Å²) in [5.41, 5.74) is 1.23. The van der Waals surface area contributed by atoms with Gasteiger partial charge >= 0.3 is 11.9 Å². The van der Waals surface area contributed by atoms with Crippen LogP contribution in [0.5, 0.6) is 0 Å². The topological polar surface area (TPSA) is 119 Å². The fourth-order valence-electron chi connectivity index (χ4n) is 4.44. The van der Waals surface area contributed by atoms with E-state index in [1.807, 2.05) is 5.38 Å². The van der Waals surface area contributed by atoms with E-state index < -0.39 is 31.0 Å². The van der Waals surface area contributed by atoms with Crippen molar-refractivity contribution in [1.29, 1.82) is 0 Å². The van der Waals surface area contributed by atoms with Gasteiger partial charge in [-0.1, -0.05) is 12.8 Å². The van der Waals surface area contributed by atoms with E-state index in [9.17, 15) is 24.0 Å². The molecule has 0 aromatic carbocycles. The van der Waals surface area contributed by atoms with Gasteiger partial charge in [0.05, 0.1) is 24.0 Å². The molecule has 10 heteroatoms. The average molecular weight is 463 g/mol. The van der Waals surface area contributed by atoms with Gasteiger partial charge in [-0.2, -0.15) is 0 Å². The van der Waals surface area contributed by atoms with Crippen LogP contribution < -0.4 is 5.32 Å². The number of imide groups is 1. The molecule has 1 aromatic rings. The molecule has 0 radical (unpaired) electrons. The molecule has 2 heterocycles. The minimum atomic E-state index is -0.823. The predicted molar refractivity (Wildman–Crippen MR) is 114 cm³/mol. The smallest absolute Gasteiger partial charge is 0.341 e. The number of ether oxygens (including phenoxy) is 2. The number of anilines is 1. The third-order valence-electron chi connectivity index (χ3n) is 6.15.